The maximum atomic E-state index is 13.8. The fourth-order valence-corrected chi connectivity index (χ4v) is 18.5. The lowest BCUT2D eigenvalue weighted by Gasteiger charge is -2.33. The molecule has 18 rings (SSSR count). The standard InChI is InChI=1S/C25H18.C20H14O2.C18H15OP.C13H13OP.C13H12.C12H10O.C2H7N.4C2H6.8CH5N.CH4/c1-3-11-19(12-4-1)25(20-13-5-2-6-14-20)23-17-9-7-15-21(23)22-16-8-10-18-24(22)25;21-19-17-13-7-8-14-18(17)20(22-19,15-9-3-1-4-10-15)16-11-5-2-6-12-16;19-20(16-10-4-1-5-11-16,17-12-6-2-7-13-17)18-14-8-3-9-15-18;1-15(14,12-8-4-2-5-9-12)13-10-6-3-7-11-13;1-3-7-12(8-4-1)11-13-9-5-2-6-10-13;1-3-7-11(8-4-1)13-12-9-5-2-6-10-12;1-3-2;12*1-2;/h1-18H;1-14H;1-15H;2-11H,1H3;1-10H,11H2;1-10H;3H,1-2H3;4*1-2H3;8*2H2,1H3;1H4. The summed E-state index contributed by atoms with van der Waals surface area (Å²) in [5.41, 5.74) is 49.1. The monoisotopic (exact) mass is 1870 g/mol. The van der Waals surface area contributed by atoms with Gasteiger partial charge in [0.15, 0.2) is 12.7 Å². The first-order chi connectivity index (χ1) is 66.6. The Balaban J connectivity index is 0. The predicted octanol–water partition coefficient (Wildman–Crippen LogP) is 24.1. The number of carbonyl (C=O) groups is 1. The van der Waals surface area contributed by atoms with Crippen LogP contribution in [0.15, 0.2) is 467 Å². The SMILES string of the molecule is C.CC.CC.CC.CC.CN.CN.CN.CN.CN.CN.CN.CN.CNC.CP(=O)(c1ccccc1)c1ccccc1.O=C1OC(c2ccccc2)(c2ccccc2)c2ccccc21.O=P(c1ccccc1)(c1ccccc1)c1ccccc1.c1ccc(C2(c3ccccc3)c3ccccc3-c3ccccc32)cc1.c1ccc(Cc2ccccc2)cc1.c1ccc(Oc2ccccc2)cc1. The summed E-state index contributed by atoms with van der Waals surface area (Å²) in [6.07, 6.45) is 1.03. The van der Waals surface area contributed by atoms with Crippen molar-refractivity contribution >= 4 is 46.8 Å². The average Bonchev–Trinajstić information content (AvgIpc) is 1.53. The molecular weight excluding hydrogens is 1710 g/mol. The topological polar surface area (TPSA) is 290 Å². The molecule has 2 aliphatic rings. The van der Waals surface area contributed by atoms with Crippen LogP contribution in [0.4, 0.5) is 0 Å². The molecule has 1 aliphatic heterocycles. The Labute approximate surface area is 818 Å². The first kappa shape index (κ1) is 125. The van der Waals surface area contributed by atoms with E-state index >= 15 is 0 Å². The summed E-state index contributed by atoms with van der Waals surface area (Å²) >= 11 is 0. The summed E-state index contributed by atoms with van der Waals surface area (Å²) in [7, 11) is 10.6. The van der Waals surface area contributed by atoms with Crippen LogP contribution in [0.2, 0.25) is 0 Å². The fourth-order valence-electron chi connectivity index (χ4n) is 14.0. The number of cyclic esters (lactones) is 1. The average molecular weight is 1870 g/mol. The minimum Gasteiger partial charge on any atom is -0.457 e. The van der Waals surface area contributed by atoms with E-state index in [1.165, 1.54) is 101 Å². The number of rotatable bonds is 13. The second kappa shape index (κ2) is 77.2. The lowest BCUT2D eigenvalue weighted by molar-refractivity contribution is 0.0251. The van der Waals surface area contributed by atoms with Gasteiger partial charge in [-0.25, -0.2) is 4.79 Å². The van der Waals surface area contributed by atoms with Crippen molar-refractivity contribution in [1.82, 2.24) is 5.32 Å². The number of fused-ring (bicyclic) bond motifs is 4. The van der Waals surface area contributed by atoms with Gasteiger partial charge in [-0.15, -0.1) is 0 Å². The normalized spacial score (nSPS) is 10.4. The van der Waals surface area contributed by atoms with Crippen molar-refractivity contribution < 1.29 is 23.4 Å². The van der Waals surface area contributed by atoms with Gasteiger partial charge in [0.2, 0.25) is 0 Å². The summed E-state index contributed by atoms with van der Waals surface area (Å²) in [6, 6.07) is 156. The van der Waals surface area contributed by atoms with Crippen LogP contribution in [0.5, 0.6) is 11.5 Å². The van der Waals surface area contributed by atoms with Crippen LogP contribution in [-0.4, -0.2) is 83.1 Å². The third kappa shape index (κ3) is 36.9. The number of esters is 1. The Morgan fingerprint density at radius 3 is 0.706 bits per heavy atom. The van der Waals surface area contributed by atoms with Gasteiger partial charge in [0.05, 0.1) is 11.0 Å². The van der Waals surface area contributed by atoms with Crippen molar-refractivity contribution in [3.05, 3.63) is 523 Å². The van der Waals surface area contributed by atoms with E-state index in [2.05, 4.69) is 221 Å². The number of carbonyl (C=O) groups excluding carboxylic acids is 1. The second-order valence-electron chi connectivity index (χ2n) is 26.5. The summed E-state index contributed by atoms with van der Waals surface area (Å²) in [4.78, 5) is 12.4. The van der Waals surface area contributed by atoms with Crippen LogP contribution in [0.25, 0.3) is 11.1 Å². The third-order valence-corrected chi connectivity index (χ3v) is 24.8. The molecule has 0 radical (unpaired) electrons. The first-order valence-corrected chi connectivity index (χ1v) is 49.7. The van der Waals surface area contributed by atoms with Crippen molar-refractivity contribution in [3.8, 4) is 22.6 Å². The molecule has 0 fully saturated rings. The first-order valence-electron chi connectivity index (χ1n) is 45.8. The third-order valence-electron chi connectivity index (χ3n) is 19.2. The Hall–Kier alpha value is -13.1. The van der Waals surface area contributed by atoms with Crippen molar-refractivity contribution in [2.75, 3.05) is 77.1 Å². The van der Waals surface area contributed by atoms with Gasteiger partial charge in [-0.2, -0.15) is 0 Å². The smallest absolute Gasteiger partial charge is 0.340 e. The highest BCUT2D eigenvalue weighted by Gasteiger charge is 2.49. The Kier molecular flexibility index (Phi) is 70.9. The van der Waals surface area contributed by atoms with Crippen LogP contribution in [0, 0.1) is 0 Å². The molecule has 16 aromatic rings. The zero-order valence-corrected chi connectivity index (χ0v) is 85.0. The van der Waals surface area contributed by atoms with E-state index in [9.17, 15) is 13.9 Å². The van der Waals surface area contributed by atoms with E-state index in [1.54, 1.807) is 0 Å². The molecule has 722 valence electrons. The van der Waals surface area contributed by atoms with Crippen LogP contribution in [0.3, 0.4) is 0 Å². The Morgan fingerprint density at radius 2 is 0.449 bits per heavy atom. The number of hydrogen-bond acceptors (Lipinski definition) is 14. The van der Waals surface area contributed by atoms with E-state index in [0.29, 0.717) is 5.56 Å². The van der Waals surface area contributed by atoms with Gasteiger partial charge in [0, 0.05) is 43.2 Å². The molecule has 0 bridgehead atoms. The molecule has 16 aromatic carbocycles. The molecule has 0 aromatic heterocycles. The molecule has 17 N–H and O–H groups in total. The molecule has 0 unspecified atom stereocenters. The second-order valence-corrected chi connectivity index (χ2v) is 32.2. The molecule has 0 saturated heterocycles. The minimum atomic E-state index is -2.78. The molecule has 0 atom stereocenters. The highest BCUT2D eigenvalue weighted by molar-refractivity contribution is 7.85. The lowest BCUT2D eigenvalue weighted by Crippen LogP contribution is -2.29. The van der Waals surface area contributed by atoms with Crippen molar-refractivity contribution in [3.63, 3.8) is 0 Å². The number of nitrogens with two attached hydrogens (primary N) is 8. The van der Waals surface area contributed by atoms with Gasteiger partial charge >= 0.3 is 5.97 Å². The molecule has 1 heterocycles. The largest absolute Gasteiger partial charge is 0.457 e. The van der Waals surface area contributed by atoms with Gasteiger partial charge in [-0.05, 0) is 158 Å². The molecule has 1 aliphatic carbocycles. The molecule has 0 spiro atoms. The maximum absolute atomic E-state index is 13.8. The minimum absolute atomic E-state index is 0. The van der Waals surface area contributed by atoms with Crippen molar-refractivity contribution in [1.29, 1.82) is 0 Å². The number of para-hydroxylation sites is 2. The highest BCUT2D eigenvalue weighted by atomic mass is 31.2. The fraction of sp³-hybridized carbons (Fsp3) is 0.192. The summed E-state index contributed by atoms with van der Waals surface area (Å²) in [6.45, 7) is 17.8. The van der Waals surface area contributed by atoms with E-state index < -0.39 is 19.9 Å². The molecule has 0 saturated carbocycles. The van der Waals surface area contributed by atoms with E-state index in [-0.39, 0.29) is 18.8 Å². The summed E-state index contributed by atoms with van der Waals surface area (Å²) in [5, 5.41) is 7.19. The molecule has 0 amide bonds. The quantitative estimate of drug-likeness (QED) is 0.0383. The van der Waals surface area contributed by atoms with E-state index in [4.69, 9.17) is 9.47 Å². The zero-order valence-electron chi connectivity index (χ0n) is 83.2. The van der Waals surface area contributed by atoms with E-state index in [0.717, 1.165) is 61.1 Å². The van der Waals surface area contributed by atoms with Gasteiger partial charge in [0.1, 0.15) is 18.6 Å². The van der Waals surface area contributed by atoms with Crippen LogP contribution >= 0.6 is 14.3 Å². The zero-order chi connectivity index (χ0) is 101. The molecule has 136 heavy (non-hydrogen) atoms. The van der Waals surface area contributed by atoms with Gasteiger partial charge < -0.3 is 69.8 Å². The Bertz CT molecular complexity index is 5160. The van der Waals surface area contributed by atoms with Crippen LogP contribution in [-0.2, 0) is 31.3 Å². The highest BCUT2D eigenvalue weighted by Crippen LogP contribution is 2.56. The maximum Gasteiger partial charge on any atom is 0.340 e. The van der Waals surface area contributed by atoms with Gasteiger partial charge in [0.25, 0.3) is 0 Å². The number of nitrogens with one attached hydrogen (secondary N) is 1. The van der Waals surface area contributed by atoms with Crippen molar-refractivity contribution in [2.45, 2.75) is 80.3 Å². The molecule has 14 nitrogen and oxygen atoms in total. The predicted molar refractivity (Wildman–Crippen MR) is 597 cm³/mol. The Morgan fingerprint density at radius 1 is 0.257 bits per heavy atom. The lowest BCUT2D eigenvalue weighted by atomic mass is 9.68. The van der Waals surface area contributed by atoms with Crippen LogP contribution in [0.1, 0.15) is 123 Å². The molecule has 16 heteroatoms. The van der Waals surface area contributed by atoms with Crippen molar-refractivity contribution in [2.24, 2.45) is 45.9 Å². The summed E-state index contributed by atoms with van der Waals surface area (Å²) < 4.78 is 38.0. The summed E-state index contributed by atoms with van der Waals surface area (Å²) in [5.74, 6) is 1.46. The van der Waals surface area contributed by atoms with Gasteiger partial charge in [-0.3, -0.25) is 0 Å². The molecular formula is C120H157N9O5P2. The number of benzene rings is 16. The van der Waals surface area contributed by atoms with Crippen LogP contribution < -0.4 is 82.4 Å². The van der Waals surface area contributed by atoms with Gasteiger partial charge in [-0.1, -0.05) is 500 Å². The van der Waals surface area contributed by atoms with E-state index in [1.807, 2.05) is 373 Å². The number of ether oxygens (including phenoxy) is 2. The number of hydrogen-bond donors (Lipinski definition) is 9.